The number of hydrogen-bond donors (Lipinski definition) is 4. The van der Waals surface area contributed by atoms with Gasteiger partial charge in [0.1, 0.15) is 0 Å². The number of nitrogens with one attached hydrogen (secondary N) is 2. The minimum Gasteiger partial charge on any atom is -0.618 e. The topological polar surface area (TPSA) is 144 Å². The number of carbonyl (C=O) groups excluding carboxylic acids is 2. The van der Waals surface area contributed by atoms with Gasteiger partial charge in [0, 0.05) is 49.3 Å². The van der Waals surface area contributed by atoms with Crippen LogP contribution < -0.4 is 15.5 Å². The van der Waals surface area contributed by atoms with Crippen LogP contribution in [-0.2, 0) is 32.2 Å². The van der Waals surface area contributed by atoms with Crippen molar-refractivity contribution in [3.63, 3.8) is 0 Å². The second-order valence-electron chi connectivity index (χ2n) is 11.7. The highest BCUT2D eigenvalue weighted by atomic mass is 32.2. The number of thioether (sulfide) groups is 1. The van der Waals surface area contributed by atoms with Gasteiger partial charge < -0.3 is 25.1 Å². The molecule has 1 aliphatic heterocycles. The van der Waals surface area contributed by atoms with Crippen LogP contribution in [0, 0.1) is 5.21 Å². The lowest BCUT2D eigenvalue weighted by molar-refractivity contribution is -0.645. The molecule has 11 heteroatoms. The van der Waals surface area contributed by atoms with Gasteiger partial charge >= 0.3 is 0 Å². The second-order valence-corrected chi connectivity index (χ2v) is 12.8. The molecule has 5 rings (SSSR count). The zero-order valence-corrected chi connectivity index (χ0v) is 27.4. The number of aliphatic hydroxyl groups excluding tert-OH is 1. The van der Waals surface area contributed by atoms with E-state index in [9.17, 15) is 19.9 Å². The fourth-order valence-electron chi connectivity index (χ4n) is 5.51. The van der Waals surface area contributed by atoms with Crippen molar-refractivity contribution in [1.29, 1.82) is 0 Å². The number of amides is 2. The van der Waals surface area contributed by atoms with Gasteiger partial charge in [0.15, 0.2) is 12.5 Å². The van der Waals surface area contributed by atoms with E-state index < -0.39 is 12.2 Å². The molecule has 1 aliphatic rings. The summed E-state index contributed by atoms with van der Waals surface area (Å²) >= 11 is 1.46. The third-order valence-corrected chi connectivity index (χ3v) is 9.34. The number of ether oxygens (including phenoxy) is 2. The predicted octanol–water partition coefficient (Wildman–Crippen LogP) is 5.89. The zero-order valence-electron chi connectivity index (χ0n) is 26.6. The molecule has 2 amide bonds. The average Bonchev–Trinajstić information content (AvgIpc) is 3.13. The second kappa shape index (κ2) is 17.8. The molecule has 4 aromatic rings. The Morgan fingerprint density at radius 2 is 1.58 bits per heavy atom. The van der Waals surface area contributed by atoms with Gasteiger partial charge in [-0.15, -0.1) is 0 Å². The summed E-state index contributed by atoms with van der Waals surface area (Å²) in [6, 6.07) is 29.2. The van der Waals surface area contributed by atoms with Gasteiger partial charge in [-0.05, 0) is 52.8 Å². The number of pyridine rings is 1. The Kier molecular flexibility index (Phi) is 13.0. The lowest BCUT2D eigenvalue weighted by Crippen LogP contribution is -2.32. The first-order valence-corrected chi connectivity index (χ1v) is 17.1. The normalized spacial score (nSPS) is 17.5. The minimum atomic E-state index is -0.607. The van der Waals surface area contributed by atoms with Crippen molar-refractivity contribution in [2.75, 3.05) is 5.75 Å². The van der Waals surface area contributed by atoms with Gasteiger partial charge in [-0.25, -0.2) is 5.48 Å². The summed E-state index contributed by atoms with van der Waals surface area (Å²) in [5.74, 6) is 0.128. The van der Waals surface area contributed by atoms with Gasteiger partial charge in [-0.3, -0.25) is 14.8 Å². The highest BCUT2D eigenvalue weighted by Gasteiger charge is 2.32. The number of nitrogens with zero attached hydrogens (tertiary/aromatic N) is 1. The van der Waals surface area contributed by atoms with E-state index in [4.69, 9.17) is 14.7 Å². The summed E-state index contributed by atoms with van der Waals surface area (Å²) < 4.78 is 13.8. The lowest BCUT2D eigenvalue weighted by atomic mass is 9.99. The molecule has 1 aromatic heterocycles. The van der Waals surface area contributed by atoms with Gasteiger partial charge in [0.05, 0.1) is 18.8 Å². The molecule has 48 heavy (non-hydrogen) atoms. The van der Waals surface area contributed by atoms with Crippen LogP contribution in [0.3, 0.4) is 0 Å². The van der Waals surface area contributed by atoms with Gasteiger partial charge in [0.25, 0.3) is 5.03 Å². The van der Waals surface area contributed by atoms with Crippen LogP contribution >= 0.6 is 11.8 Å². The largest absolute Gasteiger partial charge is 0.618 e. The van der Waals surface area contributed by atoms with E-state index in [0.29, 0.717) is 43.0 Å². The molecule has 252 valence electrons. The highest BCUT2D eigenvalue weighted by molar-refractivity contribution is 7.99. The first-order valence-electron chi connectivity index (χ1n) is 16.1. The van der Waals surface area contributed by atoms with Crippen LogP contribution in [0.4, 0.5) is 0 Å². The van der Waals surface area contributed by atoms with E-state index in [1.165, 1.54) is 18.0 Å². The molecular weight excluding hydrogens is 630 g/mol. The van der Waals surface area contributed by atoms with Gasteiger partial charge in [-0.1, -0.05) is 84.9 Å². The standard InChI is InChI=1S/C37H41N3O7S/c41-24-26-12-14-29(15-13-26)33-22-32(25-48-36-11-4-5-20-40(36)45)46-37(47-33)30-18-16-28(17-19-30)31-8-6-7-27(21-31)23-38-34(42)9-2-1-3-10-35(43)39-44/h4-8,11-21,32-33,37,41,44H,1-3,9-10,22-25H2,(H,38,42)(H,39,43)/t32-,33+,37+/m1/s1. The van der Waals surface area contributed by atoms with Crippen molar-refractivity contribution in [3.05, 3.63) is 125 Å². The Labute approximate surface area is 284 Å². The number of hydrogen-bond acceptors (Lipinski definition) is 8. The third-order valence-electron chi connectivity index (χ3n) is 8.19. The number of benzene rings is 3. The van der Waals surface area contributed by atoms with E-state index >= 15 is 0 Å². The molecule has 3 atom stereocenters. The summed E-state index contributed by atoms with van der Waals surface area (Å²) in [5, 5.41) is 33.8. The van der Waals surface area contributed by atoms with E-state index in [1.807, 2.05) is 72.8 Å². The van der Waals surface area contributed by atoms with Crippen molar-refractivity contribution in [2.45, 2.75) is 75.2 Å². The van der Waals surface area contributed by atoms with Crippen LogP contribution in [0.15, 0.2) is 102 Å². The Bertz CT molecular complexity index is 1640. The average molecular weight is 672 g/mol. The Balaban J connectivity index is 1.21. The molecule has 0 radical (unpaired) electrons. The predicted molar refractivity (Wildman–Crippen MR) is 181 cm³/mol. The number of aliphatic hydroxyl groups is 1. The van der Waals surface area contributed by atoms with E-state index in [0.717, 1.165) is 44.5 Å². The maximum atomic E-state index is 12.3. The molecule has 0 spiro atoms. The number of hydroxylamine groups is 1. The summed E-state index contributed by atoms with van der Waals surface area (Å²) in [7, 11) is 0. The Morgan fingerprint density at radius 3 is 2.31 bits per heavy atom. The van der Waals surface area contributed by atoms with Crippen molar-refractivity contribution in [3.8, 4) is 11.1 Å². The minimum absolute atomic E-state index is 0.0243. The van der Waals surface area contributed by atoms with E-state index in [-0.39, 0.29) is 31.1 Å². The Morgan fingerprint density at radius 1 is 0.833 bits per heavy atom. The third kappa shape index (κ3) is 10.1. The lowest BCUT2D eigenvalue weighted by Gasteiger charge is -2.36. The zero-order chi connectivity index (χ0) is 33.7. The fourth-order valence-corrected chi connectivity index (χ4v) is 6.45. The summed E-state index contributed by atoms with van der Waals surface area (Å²) in [6.07, 6.45) is 3.76. The van der Waals surface area contributed by atoms with Crippen LogP contribution in [-0.4, -0.2) is 34.0 Å². The molecule has 0 bridgehead atoms. The van der Waals surface area contributed by atoms with E-state index in [2.05, 4.69) is 11.4 Å². The van der Waals surface area contributed by atoms with Crippen LogP contribution in [0.25, 0.3) is 11.1 Å². The molecule has 10 nitrogen and oxygen atoms in total. The Hall–Kier alpha value is -4.26. The quantitative estimate of drug-likeness (QED) is 0.0306. The maximum Gasteiger partial charge on any atom is 0.251 e. The highest BCUT2D eigenvalue weighted by Crippen LogP contribution is 2.39. The fraction of sp³-hybridized carbons (Fsp3) is 0.324. The van der Waals surface area contributed by atoms with E-state index in [1.54, 1.807) is 17.6 Å². The van der Waals surface area contributed by atoms with Gasteiger partial charge in [0.2, 0.25) is 11.8 Å². The molecule has 0 aliphatic carbocycles. The van der Waals surface area contributed by atoms with Crippen molar-refractivity contribution in [1.82, 2.24) is 10.8 Å². The number of unbranched alkanes of at least 4 members (excludes halogenated alkanes) is 2. The monoisotopic (exact) mass is 671 g/mol. The first kappa shape index (κ1) is 35.1. The van der Waals surface area contributed by atoms with Crippen LogP contribution in [0.5, 0.6) is 0 Å². The summed E-state index contributed by atoms with van der Waals surface area (Å²) in [5.41, 5.74) is 7.35. The molecular formula is C37H41N3O7S. The van der Waals surface area contributed by atoms with Gasteiger partial charge in [-0.2, -0.15) is 4.73 Å². The smallest absolute Gasteiger partial charge is 0.251 e. The van der Waals surface area contributed by atoms with Crippen molar-refractivity contribution < 1.29 is 34.1 Å². The summed E-state index contributed by atoms with van der Waals surface area (Å²) in [6.45, 7) is 0.389. The number of rotatable bonds is 15. The summed E-state index contributed by atoms with van der Waals surface area (Å²) in [4.78, 5) is 23.4. The molecule has 0 unspecified atom stereocenters. The number of carbonyl (C=O) groups is 2. The van der Waals surface area contributed by atoms with Crippen molar-refractivity contribution in [2.24, 2.45) is 0 Å². The molecule has 0 saturated carbocycles. The first-order chi connectivity index (χ1) is 23.4. The number of aromatic nitrogens is 1. The molecule has 4 N–H and O–H groups in total. The molecule has 2 heterocycles. The molecule has 3 aromatic carbocycles. The molecule has 1 saturated heterocycles. The van der Waals surface area contributed by atoms with Crippen LogP contribution in [0.1, 0.15) is 73.2 Å². The van der Waals surface area contributed by atoms with Crippen molar-refractivity contribution >= 4 is 23.6 Å². The molecule has 1 fully saturated rings. The van der Waals surface area contributed by atoms with Crippen LogP contribution in [0.2, 0.25) is 0 Å². The maximum absolute atomic E-state index is 12.3. The SMILES string of the molecule is O=C(CCCCCC(=O)NCc1cccc(-c2ccc([C@H]3O[C@@H](CSc4cccc[n+]4[O-])C[C@@H](c4ccc(CO)cc4)O3)cc2)c1)NO.